The lowest BCUT2D eigenvalue weighted by atomic mass is 10.0. The number of aromatic nitrogens is 2. The Morgan fingerprint density at radius 1 is 1.35 bits per heavy atom. The standard InChI is InChI=1S/C15H17N3O2/c1-15(8-3-9-19-15)14-17-13(20-18-14)7-6-11-4-2-5-12(16)10-11/h2,4-7,10H,3,8-9,16H2,1H3/b7-6+. The molecule has 2 aromatic rings. The summed E-state index contributed by atoms with van der Waals surface area (Å²) in [6.07, 6.45) is 5.62. The van der Waals surface area contributed by atoms with Crippen LogP contribution in [0.25, 0.3) is 12.2 Å². The van der Waals surface area contributed by atoms with Crippen LogP contribution >= 0.6 is 0 Å². The van der Waals surface area contributed by atoms with Gasteiger partial charge in [0.1, 0.15) is 5.60 Å². The maximum absolute atomic E-state index is 5.73. The normalized spacial score (nSPS) is 22.6. The highest BCUT2D eigenvalue weighted by Gasteiger charge is 2.36. The molecule has 2 heterocycles. The first kappa shape index (κ1) is 12.9. The molecule has 2 N–H and O–H groups in total. The Hall–Kier alpha value is -2.14. The van der Waals surface area contributed by atoms with Crippen LogP contribution in [-0.4, -0.2) is 16.7 Å². The molecule has 3 rings (SSSR count). The average molecular weight is 271 g/mol. The van der Waals surface area contributed by atoms with Gasteiger partial charge in [-0.05, 0) is 43.5 Å². The van der Waals surface area contributed by atoms with Crippen molar-refractivity contribution < 1.29 is 9.26 Å². The molecule has 104 valence electrons. The molecule has 0 amide bonds. The Morgan fingerprint density at radius 3 is 3.00 bits per heavy atom. The van der Waals surface area contributed by atoms with Crippen molar-refractivity contribution >= 4 is 17.8 Å². The van der Waals surface area contributed by atoms with Crippen LogP contribution in [0.1, 0.15) is 37.0 Å². The van der Waals surface area contributed by atoms with Crippen LogP contribution in [0, 0.1) is 0 Å². The number of ether oxygens (including phenoxy) is 1. The third-order valence-corrected chi connectivity index (χ3v) is 3.46. The summed E-state index contributed by atoms with van der Waals surface area (Å²) in [5.74, 6) is 1.08. The topological polar surface area (TPSA) is 74.2 Å². The van der Waals surface area contributed by atoms with Gasteiger partial charge < -0.3 is 15.0 Å². The molecular formula is C15H17N3O2. The second kappa shape index (κ2) is 5.09. The molecule has 0 saturated carbocycles. The molecule has 1 fully saturated rings. The minimum atomic E-state index is -0.410. The predicted octanol–water partition coefficient (Wildman–Crippen LogP) is 2.85. The Morgan fingerprint density at radius 2 is 2.25 bits per heavy atom. The van der Waals surface area contributed by atoms with Gasteiger partial charge in [-0.25, -0.2) is 0 Å². The van der Waals surface area contributed by atoms with Crippen molar-refractivity contribution in [3.63, 3.8) is 0 Å². The maximum Gasteiger partial charge on any atom is 0.250 e. The van der Waals surface area contributed by atoms with Gasteiger partial charge in [0.25, 0.3) is 5.89 Å². The molecule has 0 spiro atoms. The molecule has 1 aliphatic heterocycles. The fourth-order valence-corrected chi connectivity index (χ4v) is 2.30. The van der Waals surface area contributed by atoms with Gasteiger partial charge in [0.05, 0.1) is 0 Å². The van der Waals surface area contributed by atoms with E-state index in [2.05, 4.69) is 10.1 Å². The maximum atomic E-state index is 5.73. The lowest BCUT2D eigenvalue weighted by Crippen LogP contribution is -2.21. The summed E-state index contributed by atoms with van der Waals surface area (Å²) in [6, 6.07) is 7.60. The zero-order chi connectivity index (χ0) is 14.0. The van der Waals surface area contributed by atoms with Crippen molar-refractivity contribution in [3.05, 3.63) is 41.5 Å². The van der Waals surface area contributed by atoms with Crippen LogP contribution in [0.15, 0.2) is 28.8 Å². The van der Waals surface area contributed by atoms with Gasteiger partial charge >= 0.3 is 0 Å². The largest absolute Gasteiger partial charge is 0.399 e. The molecule has 1 aliphatic rings. The number of anilines is 1. The SMILES string of the molecule is CC1(c2noc(/C=C/c3cccc(N)c3)n2)CCCO1. The Labute approximate surface area is 117 Å². The van der Waals surface area contributed by atoms with Gasteiger partial charge in [0.2, 0.25) is 5.82 Å². The van der Waals surface area contributed by atoms with Gasteiger partial charge in [-0.15, -0.1) is 0 Å². The van der Waals surface area contributed by atoms with Crippen molar-refractivity contribution in [1.29, 1.82) is 0 Å². The summed E-state index contributed by atoms with van der Waals surface area (Å²) in [7, 11) is 0. The quantitative estimate of drug-likeness (QED) is 0.869. The number of nitrogens with two attached hydrogens (primary N) is 1. The van der Waals surface area contributed by atoms with Crippen LogP contribution in [-0.2, 0) is 10.3 Å². The van der Waals surface area contributed by atoms with E-state index < -0.39 is 5.60 Å². The van der Waals surface area contributed by atoms with E-state index in [9.17, 15) is 0 Å². The van der Waals surface area contributed by atoms with Crippen LogP contribution in [0.4, 0.5) is 5.69 Å². The van der Waals surface area contributed by atoms with Crippen LogP contribution in [0.5, 0.6) is 0 Å². The highest BCUT2D eigenvalue weighted by atomic mass is 16.5. The van der Waals surface area contributed by atoms with Gasteiger partial charge in [0.15, 0.2) is 0 Å². The highest BCUT2D eigenvalue weighted by Crippen LogP contribution is 2.33. The molecule has 1 aromatic carbocycles. The monoisotopic (exact) mass is 271 g/mol. The summed E-state index contributed by atoms with van der Waals surface area (Å²) < 4.78 is 10.9. The smallest absolute Gasteiger partial charge is 0.250 e. The lowest BCUT2D eigenvalue weighted by Gasteiger charge is -2.17. The van der Waals surface area contributed by atoms with Crippen molar-refractivity contribution in [2.24, 2.45) is 0 Å². The van der Waals surface area contributed by atoms with E-state index in [0.717, 1.165) is 30.7 Å². The molecule has 0 aliphatic carbocycles. The highest BCUT2D eigenvalue weighted by molar-refractivity contribution is 5.67. The number of benzene rings is 1. The summed E-state index contributed by atoms with van der Waals surface area (Å²) in [4.78, 5) is 4.38. The van der Waals surface area contributed by atoms with E-state index in [1.165, 1.54) is 0 Å². The van der Waals surface area contributed by atoms with Crippen molar-refractivity contribution in [2.75, 3.05) is 12.3 Å². The first-order valence-corrected chi connectivity index (χ1v) is 6.67. The molecule has 1 aromatic heterocycles. The molecule has 5 heteroatoms. The van der Waals surface area contributed by atoms with Crippen molar-refractivity contribution in [1.82, 2.24) is 10.1 Å². The molecule has 1 saturated heterocycles. The van der Waals surface area contributed by atoms with E-state index in [1.807, 2.05) is 37.3 Å². The second-order valence-electron chi connectivity index (χ2n) is 5.14. The summed E-state index contributed by atoms with van der Waals surface area (Å²) in [5, 5.41) is 4.01. The minimum absolute atomic E-state index is 0.410. The summed E-state index contributed by atoms with van der Waals surface area (Å²) in [6.45, 7) is 2.75. The average Bonchev–Trinajstić information content (AvgIpc) is 3.06. The Kier molecular flexibility index (Phi) is 3.28. The second-order valence-corrected chi connectivity index (χ2v) is 5.14. The number of nitrogen functional groups attached to an aromatic ring is 1. The molecule has 0 radical (unpaired) electrons. The van der Waals surface area contributed by atoms with E-state index in [4.69, 9.17) is 15.0 Å². The third-order valence-electron chi connectivity index (χ3n) is 3.46. The summed E-state index contributed by atoms with van der Waals surface area (Å²) in [5.41, 5.74) is 7.04. The van der Waals surface area contributed by atoms with E-state index in [0.29, 0.717) is 11.7 Å². The molecule has 20 heavy (non-hydrogen) atoms. The van der Waals surface area contributed by atoms with E-state index in [-0.39, 0.29) is 0 Å². The number of hydrogen-bond donors (Lipinski definition) is 1. The summed E-state index contributed by atoms with van der Waals surface area (Å²) >= 11 is 0. The Balaban J connectivity index is 1.77. The molecule has 1 unspecified atom stereocenters. The van der Waals surface area contributed by atoms with Gasteiger partial charge in [-0.2, -0.15) is 4.98 Å². The van der Waals surface area contributed by atoms with Crippen LogP contribution < -0.4 is 5.73 Å². The van der Waals surface area contributed by atoms with Crippen LogP contribution in [0.2, 0.25) is 0 Å². The molecular weight excluding hydrogens is 254 g/mol. The van der Waals surface area contributed by atoms with E-state index in [1.54, 1.807) is 6.08 Å². The number of rotatable bonds is 3. The fourth-order valence-electron chi connectivity index (χ4n) is 2.30. The fraction of sp³-hybridized carbons (Fsp3) is 0.333. The number of hydrogen-bond acceptors (Lipinski definition) is 5. The lowest BCUT2D eigenvalue weighted by molar-refractivity contribution is 0.00768. The minimum Gasteiger partial charge on any atom is -0.399 e. The van der Waals surface area contributed by atoms with Crippen molar-refractivity contribution in [2.45, 2.75) is 25.4 Å². The van der Waals surface area contributed by atoms with Gasteiger partial charge in [-0.3, -0.25) is 0 Å². The van der Waals surface area contributed by atoms with Gasteiger partial charge in [-0.1, -0.05) is 17.3 Å². The number of nitrogens with zero attached hydrogens (tertiary/aromatic N) is 2. The molecule has 0 bridgehead atoms. The van der Waals surface area contributed by atoms with Gasteiger partial charge in [0, 0.05) is 18.4 Å². The zero-order valence-electron chi connectivity index (χ0n) is 11.4. The molecule has 1 atom stereocenters. The molecule has 5 nitrogen and oxygen atoms in total. The predicted molar refractivity (Wildman–Crippen MR) is 76.6 cm³/mol. The van der Waals surface area contributed by atoms with E-state index >= 15 is 0 Å². The third kappa shape index (κ3) is 2.58. The Bertz CT molecular complexity index is 628. The first-order valence-electron chi connectivity index (χ1n) is 6.67. The zero-order valence-corrected chi connectivity index (χ0v) is 11.4. The first-order chi connectivity index (χ1) is 9.66. The van der Waals surface area contributed by atoms with Crippen LogP contribution in [0.3, 0.4) is 0 Å². The van der Waals surface area contributed by atoms with Crippen molar-refractivity contribution in [3.8, 4) is 0 Å².